The monoisotopic (exact) mass is 460 g/mol. The molecule has 1 aromatic carbocycles. The molecule has 0 aliphatic carbocycles. The fourth-order valence-electron chi connectivity index (χ4n) is 3.00. The summed E-state index contributed by atoms with van der Waals surface area (Å²) in [7, 11) is 0. The van der Waals surface area contributed by atoms with Crippen molar-refractivity contribution in [1.82, 2.24) is 16.0 Å². The minimum absolute atomic E-state index is 0.0395. The molecule has 1 aliphatic heterocycles. The van der Waals surface area contributed by atoms with E-state index >= 15 is 0 Å². The number of thiophene rings is 1. The maximum absolute atomic E-state index is 12.2. The van der Waals surface area contributed by atoms with Crippen molar-refractivity contribution in [1.29, 1.82) is 0 Å². The molecule has 164 valence electrons. The van der Waals surface area contributed by atoms with E-state index < -0.39 is 5.50 Å². The van der Waals surface area contributed by atoms with Crippen molar-refractivity contribution in [2.24, 2.45) is 0 Å². The molecule has 4 N–H and O–H groups in total. The van der Waals surface area contributed by atoms with E-state index in [2.05, 4.69) is 21.3 Å². The van der Waals surface area contributed by atoms with Gasteiger partial charge in [0.25, 0.3) is 0 Å². The molecule has 31 heavy (non-hydrogen) atoms. The highest BCUT2D eigenvalue weighted by Crippen LogP contribution is 2.16. The van der Waals surface area contributed by atoms with Crippen LogP contribution in [0.1, 0.15) is 35.0 Å². The maximum Gasteiger partial charge on any atom is 0.234 e. The Labute approximate surface area is 188 Å². The van der Waals surface area contributed by atoms with Crippen LogP contribution >= 0.6 is 23.1 Å². The average molecular weight is 461 g/mol. The first-order valence-corrected chi connectivity index (χ1v) is 11.7. The van der Waals surface area contributed by atoms with Crippen LogP contribution in [-0.2, 0) is 20.9 Å². The number of nitrogens with one attached hydrogen (secondary N) is 4. The van der Waals surface area contributed by atoms with E-state index in [0.717, 1.165) is 4.88 Å². The highest BCUT2D eigenvalue weighted by molar-refractivity contribution is 8.00. The second kappa shape index (κ2) is 11.1. The van der Waals surface area contributed by atoms with Gasteiger partial charge in [0.1, 0.15) is 5.50 Å². The van der Waals surface area contributed by atoms with E-state index in [1.807, 2.05) is 17.5 Å². The second-order valence-corrected chi connectivity index (χ2v) is 9.19. The molecule has 0 spiro atoms. The van der Waals surface area contributed by atoms with Gasteiger partial charge >= 0.3 is 0 Å². The van der Waals surface area contributed by atoms with E-state index in [4.69, 9.17) is 0 Å². The van der Waals surface area contributed by atoms with Crippen molar-refractivity contribution < 1.29 is 19.2 Å². The van der Waals surface area contributed by atoms with Gasteiger partial charge in [0.05, 0.1) is 12.3 Å². The Morgan fingerprint density at radius 1 is 1.16 bits per heavy atom. The van der Waals surface area contributed by atoms with Crippen LogP contribution in [0.4, 0.5) is 5.69 Å². The van der Waals surface area contributed by atoms with Crippen LogP contribution in [0.5, 0.6) is 0 Å². The van der Waals surface area contributed by atoms with Crippen molar-refractivity contribution >= 4 is 52.3 Å². The number of ketones is 1. The van der Waals surface area contributed by atoms with Crippen molar-refractivity contribution in [3.05, 3.63) is 52.2 Å². The summed E-state index contributed by atoms with van der Waals surface area (Å²) in [4.78, 5) is 48.8. The number of carbonyl (C=O) groups excluding carboxylic acids is 4. The normalized spacial score (nSPS) is 18.2. The van der Waals surface area contributed by atoms with Crippen molar-refractivity contribution in [3.63, 3.8) is 0 Å². The van der Waals surface area contributed by atoms with Gasteiger partial charge in [0.2, 0.25) is 17.7 Å². The Morgan fingerprint density at radius 3 is 2.61 bits per heavy atom. The lowest BCUT2D eigenvalue weighted by molar-refractivity contribution is -0.125. The van der Waals surface area contributed by atoms with Gasteiger partial charge in [-0.05, 0) is 42.6 Å². The van der Waals surface area contributed by atoms with Crippen LogP contribution < -0.4 is 21.3 Å². The van der Waals surface area contributed by atoms with E-state index in [0.29, 0.717) is 17.8 Å². The number of anilines is 1. The number of amides is 3. The standard InChI is InChI=1S/C21H24N4O4S2/c1-13(26)14-4-6-15(7-5-14)23-20(29)12-31-21-24-16(10-19(28)25-21)9-18(27)22-11-17-3-2-8-30-17/h2-8,16,21,24H,9-12H2,1H3,(H,22,27)(H,23,29)(H,25,28). The van der Waals surface area contributed by atoms with E-state index in [-0.39, 0.29) is 48.1 Å². The molecular formula is C21H24N4O4S2. The van der Waals surface area contributed by atoms with Gasteiger partial charge in [0.15, 0.2) is 5.78 Å². The molecule has 2 aromatic rings. The molecule has 10 heteroatoms. The summed E-state index contributed by atoms with van der Waals surface area (Å²) in [5, 5.41) is 13.5. The van der Waals surface area contributed by atoms with Crippen molar-refractivity contribution in [2.45, 2.75) is 37.8 Å². The average Bonchev–Trinajstić information content (AvgIpc) is 3.24. The molecule has 3 amide bonds. The molecule has 1 aliphatic rings. The summed E-state index contributed by atoms with van der Waals surface area (Å²) in [5.74, 6) is -0.442. The van der Waals surface area contributed by atoms with Gasteiger partial charge in [0, 0.05) is 35.0 Å². The predicted molar refractivity (Wildman–Crippen MR) is 122 cm³/mol. The third-order valence-electron chi connectivity index (χ3n) is 4.54. The summed E-state index contributed by atoms with van der Waals surface area (Å²) in [6.07, 6.45) is 0.392. The lowest BCUT2D eigenvalue weighted by Crippen LogP contribution is -2.56. The van der Waals surface area contributed by atoms with Gasteiger partial charge in [-0.15, -0.1) is 23.1 Å². The van der Waals surface area contributed by atoms with Crippen LogP contribution in [0, 0.1) is 0 Å². The summed E-state index contributed by atoms with van der Waals surface area (Å²) >= 11 is 2.81. The SMILES string of the molecule is CC(=O)c1ccc(NC(=O)CSC2NC(=O)CC(CC(=O)NCc3cccs3)N2)cc1. The second-order valence-electron chi connectivity index (χ2n) is 7.07. The van der Waals surface area contributed by atoms with E-state index in [9.17, 15) is 19.2 Å². The molecule has 2 heterocycles. The smallest absolute Gasteiger partial charge is 0.234 e. The first kappa shape index (κ1) is 23.0. The Bertz CT molecular complexity index is 931. The number of benzene rings is 1. The van der Waals surface area contributed by atoms with Gasteiger partial charge in [-0.3, -0.25) is 24.5 Å². The predicted octanol–water partition coefficient (Wildman–Crippen LogP) is 2.09. The minimum Gasteiger partial charge on any atom is -0.351 e. The van der Waals surface area contributed by atoms with Gasteiger partial charge in [-0.25, -0.2) is 0 Å². The molecular weight excluding hydrogens is 436 g/mol. The lowest BCUT2D eigenvalue weighted by atomic mass is 10.1. The Balaban J connectivity index is 1.42. The number of Topliss-reactive ketones (excluding diaryl/α,β-unsaturated/α-hetero) is 1. The molecule has 3 rings (SSSR count). The molecule has 8 nitrogen and oxygen atoms in total. The van der Waals surface area contributed by atoms with Crippen LogP contribution in [0.15, 0.2) is 41.8 Å². The van der Waals surface area contributed by atoms with Crippen LogP contribution in [-0.4, -0.2) is 40.8 Å². The van der Waals surface area contributed by atoms with Gasteiger partial charge < -0.3 is 16.0 Å². The van der Waals surface area contributed by atoms with E-state index in [1.54, 1.807) is 35.6 Å². The first-order valence-electron chi connectivity index (χ1n) is 9.76. The number of hydrogen-bond donors (Lipinski definition) is 4. The summed E-state index contributed by atoms with van der Waals surface area (Å²) in [6.45, 7) is 1.96. The molecule has 1 aromatic heterocycles. The number of rotatable bonds is 9. The zero-order valence-corrected chi connectivity index (χ0v) is 18.6. The fraction of sp³-hybridized carbons (Fsp3) is 0.333. The number of thioether (sulfide) groups is 1. The third kappa shape index (κ3) is 7.50. The third-order valence-corrected chi connectivity index (χ3v) is 6.43. The van der Waals surface area contributed by atoms with Gasteiger partial charge in [-0.1, -0.05) is 6.07 Å². The summed E-state index contributed by atoms with van der Waals surface area (Å²) in [5.41, 5.74) is 0.714. The summed E-state index contributed by atoms with van der Waals surface area (Å²) < 4.78 is 0. The Kier molecular flexibility index (Phi) is 8.21. The number of carbonyl (C=O) groups is 4. The van der Waals surface area contributed by atoms with Crippen LogP contribution in [0.3, 0.4) is 0 Å². The Hall–Kier alpha value is -2.69. The van der Waals surface area contributed by atoms with Crippen LogP contribution in [0.25, 0.3) is 0 Å². The molecule has 0 saturated carbocycles. The van der Waals surface area contributed by atoms with Crippen molar-refractivity contribution in [3.8, 4) is 0 Å². The lowest BCUT2D eigenvalue weighted by Gasteiger charge is -2.30. The zero-order valence-electron chi connectivity index (χ0n) is 17.0. The topological polar surface area (TPSA) is 116 Å². The Morgan fingerprint density at radius 2 is 1.94 bits per heavy atom. The minimum atomic E-state index is -0.456. The maximum atomic E-state index is 12.2. The molecule has 1 saturated heterocycles. The largest absolute Gasteiger partial charge is 0.351 e. The molecule has 2 unspecified atom stereocenters. The molecule has 2 atom stereocenters. The zero-order chi connectivity index (χ0) is 22.2. The highest BCUT2D eigenvalue weighted by atomic mass is 32.2. The molecule has 0 radical (unpaired) electrons. The molecule has 1 fully saturated rings. The van der Waals surface area contributed by atoms with E-state index in [1.165, 1.54) is 18.7 Å². The quantitative estimate of drug-likeness (QED) is 0.426. The highest BCUT2D eigenvalue weighted by Gasteiger charge is 2.28. The fourth-order valence-corrected chi connectivity index (χ4v) is 4.54. The molecule has 0 bridgehead atoms. The summed E-state index contributed by atoms with van der Waals surface area (Å²) in [6, 6.07) is 10.2. The number of hydrogen-bond acceptors (Lipinski definition) is 7. The van der Waals surface area contributed by atoms with Crippen LogP contribution in [0.2, 0.25) is 0 Å². The van der Waals surface area contributed by atoms with Crippen molar-refractivity contribution in [2.75, 3.05) is 11.1 Å². The van der Waals surface area contributed by atoms with Gasteiger partial charge in [-0.2, -0.15) is 0 Å². The first-order chi connectivity index (χ1) is 14.9.